The molecule has 0 atom stereocenters. The van der Waals surface area contributed by atoms with Crippen LogP contribution in [0, 0.1) is 0 Å². The van der Waals surface area contributed by atoms with E-state index in [4.69, 9.17) is 4.74 Å². The number of hydrogen-bond acceptors (Lipinski definition) is 3. The van der Waals surface area contributed by atoms with E-state index in [1.807, 2.05) is 6.07 Å². The molecule has 0 aliphatic carbocycles. The zero-order valence-corrected chi connectivity index (χ0v) is 10.6. The first-order chi connectivity index (χ1) is 9.52. The summed E-state index contributed by atoms with van der Waals surface area (Å²) in [5.74, 6) is -0.334. The molecule has 0 amide bonds. The lowest BCUT2D eigenvalue weighted by Crippen LogP contribution is -2.07. The molecule has 0 aliphatic heterocycles. The van der Waals surface area contributed by atoms with Crippen LogP contribution in [0.15, 0.2) is 58.8 Å². The third-order valence-corrected chi connectivity index (χ3v) is 2.53. The second kappa shape index (κ2) is 5.73. The summed E-state index contributed by atoms with van der Waals surface area (Å²) in [6, 6.07) is 12.4. The first kappa shape index (κ1) is 14.0. The zero-order chi connectivity index (χ0) is 14.6. The Hall–Kier alpha value is -2.37. The number of rotatable bonds is 3. The maximum Gasteiger partial charge on any atom is 0.420 e. The van der Waals surface area contributed by atoms with Crippen LogP contribution in [0.4, 0.5) is 24.5 Å². The van der Waals surface area contributed by atoms with Crippen molar-refractivity contribution in [2.45, 2.75) is 6.18 Å². The third-order valence-electron chi connectivity index (χ3n) is 2.53. The summed E-state index contributed by atoms with van der Waals surface area (Å²) in [5, 5.41) is 7.71. The molecule has 0 aromatic heterocycles. The topological polar surface area (TPSA) is 34.0 Å². The van der Waals surface area contributed by atoms with Crippen LogP contribution in [-0.2, 0) is 6.18 Å². The highest BCUT2D eigenvalue weighted by Gasteiger charge is 2.35. The summed E-state index contributed by atoms with van der Waals surface area (Å²) in [4.78, 5) is 0. The van der Waals surface area contributed by atoms with Gasteiger partial charge in [0.2, 0.25) is 0 Å². The number of nitrogens with zero attached hydrogens (tertiary/aromatic N) is 2. The number of hydrogen-bond donors (Lipinski definition) is 0. The van der Waals surface area contributed by atoms with E-state index < -0.39 is 11.7 Å². The molecule has 3 nitrogen and oxygen atoms in total. The first-order valence-corrected chi connectivity index (χ1v) is 5.73. The van der Waals surface area contributed by atoms with Gasteiger partial charge >= 0.3 is 6.18 Å². The van der Waals surface area contributed by atoms with E-state index >= 15 is 0 Å². The molecule has 2 aromatic carbocycles. The molecule has 0 bridgehead atoms. The Morgan fingerprint density at radius 2 is 1.60 bits per heavy atom. The molecule has 0 radical (unpaired) electrons. The Bertz CT molecular complexity index is 610. The second-order valence-corrected chi connectivity index (χ2v) is 3.89. The minimum absolute atomic E-state index is 0.0335. The van der Waals surface area contributed by atoms with E-state index in [0.717, 1.165) is 6.07 Å². The Kier molecular flexibility index (Phi) is 4.02. The van der Waals surface area contributed by atoms with E-state index in [9.17, 15) is 13.2 Å². The molecule has 0 fully saturated rings. The fourth-order valence-electron chi connectivity index (χ4n) is 1.65. The summed E-state index contributed by atoms with van der Waals surface area (Å²) in [6.07, 6.45) is -4.50. The Balaban J connectivity index is 2.40. The van der Waals surface area contributed by atoms with Gasteiger partial charge in [0.1, 0.15) is 5.69 Å². The Morgan fingerprint density at radius 3 is 2.20 bits per heavy atom. The summed E-state index contributed by atoms with van der Waals surface area (Å²) >= 11 is 0. The highest BCUT2D eigenvalue weighted by atomic mass is 19.4. The molecule has 0 heterocycles. The van der Waals surface area contributed by atoms with Crippen molar-refractivity contribution in [2.75, 3.05) is 7.11 Å². The number of benzene rings is 2. The number of methoxy groups -OCH3 is 1. The summed E-state index contributed by atoms with van der Waals surface area (Å²) < 4.78 is 43.3. The van der Waals surface area contributed by atoms with Crippen LogP contribution >= 0.6 is 0 Å². The van der Waals surface area contributed by atoms with Crippen LogP contribution < -0.4 is 4.74 Å². The fraction of sp³-hybridized carbons (Fsp3) is 0.143. The van der Waals surface area contributed by atoms with Gasteiger partial charge in [-0.3, -0.25) is 0 Å². The quantitative estimate of drug-likeness (QED) is 0.717. The molecule has 0 saturated heterocycles. The van der Waals surface area contributed by atoms with Crippen molar-refractivity contribution in [1.82, 2.24) is 0 Å². The van der Waals surface area contributed by atoms with Crippen LogP contribution in [0.3, 0.4) is 0 Å². The van der Waals surface area contributed by atoms with Crippen LogP contribution in [0.2, 0.25) is 0 Å². The zero-order valence-electron chi connectivity index (χ0n) is 10.6. The van der Waals surface area contributed by atoms with Gasteiger partial charge in [0.05, 0.1) is 18.4 Å². The molecule has 104 valence electrons. The lowest BCUT2D eigenvalue weighted by molar-refractivity contribution is -0.138. The minimum atomic E-state index is -4.50. The first-order valence-electron chi connectivity index (χ1n) is 5.73. The van der Waals surface area contributed by atoms with Crippen molar-refractivity contribution in [2.24, 2.45) is 10.2 Å². The highest BCUT2D eigenvalue weighted by Crippen LogP contribution is 2.41. The average molecular weight is 280 g/mol. The number of azo groups is 1. The molecule has 0 saturated carbocycles. The fourth-order valence-corrected chi connectivity index (χ4v) is 1.65. The highest BCUT2D eigenvalue weighted by molar-refractivity contribution is 5.57. The van der Waals surface area contributed by atoms with E-state index in [2.05, 4.69) is 10.2 Å². The SMILES string of the molecule is COc1c(N=Nc2ccccc2)cccc1C(F)(F)F. The minimum Gasteiger partial charge on any atom is -0.494 e. The van der Waals surface area contributed by atoms with E-state index in [1.54, 1.807) is 24.3 Å². The van der Waals surface area contributed by atoms with Gasteiger partial charge in [-0.1, -0.05) is 24.3 Å². The largest absolute Gasteiger partial charge is 0.494 e. The second-order valence-electron chi connectivity index (χ2n) is 3.89. The lowest BCUT2D eigenvalue weighted by atomic mass is 10.1. The molecule has 6 heteroatoms. The van der Waals surface area contributed by atoms with Crippen LogP contribution in [-0.4, -0.2) is 7.11 Å². The molecule has 0 spiro atoms. The van der Waals surface area contributed by atoms with Crippen molar-refractivity contribution in [3.63, 3.8) is 0 Å². The maximum absolute atomic E-state index is 12.8. The predicted molar refractivity (Wildman–Crippen MR) is 68.6 cm³/mol. The van der Waals surface area contributed by atoms with Crippen molar-refractivity contribution >= 4 is 11.4 Å². The van der Waals surface area contributed by atoms with E-state index in [1.165, 1.54) is 19.2 Å². The number of halogens is 3. The molecular weight excluding hydrogens is 269 g/mol. The summed E-state index contributed by atoms with van der Waals surface area (Å²) in [5.41, 5.74) is -0.289. The number of alkyl halides is 3. The maximum atomic E-state index is 12.8. The van der Waals surface area contributed by atoms with Crippen LogP contribution in [0.25, 0.3) is 0 Å². The number of ether oxygens (including phenoxy) is 1. The Morgan fingerprint density at radius 1 is 0.900 bits per heavy atom. The molecule has 2 aromatic rings. The van der Waals surface area contributed by atoms with Crippen LogP contribution in [0.5, 0.6) is 5.75 Å². The predicted octanol–water partition coefficient (Wildman–Crippen LogP) is 5.13. The summed E-state index contributed by atoms with van der Waals surface area (Å²) in [6.45, 7) is 0. The van der Waals surface area contributed by atoms with Gasteiger partial charge in [-0.15, -0.1) is 5.11 Å². The average Bonchev–Trinajstić information content (AvgIpc) is 2.44. The van der Waals surface area contributed by atoms with Gasteiger partial charge < -0.3 is 4.74 Å². The number of para-hydroxylation sites is 1. The van der Waals surface area contributed by atoms with Gasteiger partial charge in [-0.05, 0) is 24.3 Å². The van der Waals surface area contributed by atoms with Gasteiger partial charge in [0.15, 0.2) is 5.75 Å². The van der Waals surface area contributed by atoms with Crippen molar-refractivity contribution < 1.29 is 17.9 Å². The monoisotopic (exact) mass is 280 g/mol. The van der Waals surface area contributed by atoms with Crippen molar-refractivity contribution in [3.05, 3.63) is 54.1 Å². The third kappa shape index (κ3) is 3.14. The van der Waals surface area contributed by atoms with Crippen LogP contribution in [0.1, 0.15) is 5.56 Å². The molecule has 0 unspecified atom stereocenters. The Labute approximate surface area is 113 Å². The van der Waals surface area contributed by atoms with Gasteiger partial charge in [-0.25, -0.2) is 0 Å². The molecule has 2 rings (SSSR count). The van der Waals surface area contributed by atoms with Crippen molar-refractivity contribution in [1.29, 1.82) is 0 Å². The van der Waals surface area contributed by atoms with Crippen molar-refractivity contribution in [3.8, 4) is 5.75 Å². The molecule has 20 heavy (non-hydrogen) atoms. The van der Waals surface area contributed by atoms with Gasteiger partial charge in [-0.2, -0.15) is 18.3 Å². The lowest BCUT2D eigenvalue weighted by Gasteiger charge is -2.12. The van der Waals surface area contributed by atoms with Gasteiger partial charge in [0.25, 0.3) is 0 Å². The smallest absolute Gasteiger partial charge is 0.420 e. The standard InChI is InChI=1S/C14H11F3N2O/c1-20-13-11(14(15,16)17)8-5-9-12(13)19-18-10-6-3-2-4-7-10/h2-9H,1H3. The van der Waals surface area contributed by atoms with E-state index in [0.29, 0.717) is 5.69 Å². The van der Waals surface area contributed by atoms with E-state index in [-0.39, 0.29) is 11.4 Å². The summed E-state index contributed by atoms with van der Waals surface area (Å²) in [7, 11) is 1.17. The molecular formula is C14H11F3N2O. The van der Waals surface area contributed by atoms with Gasteiger partial charge in [0, 0.05) is 0 Å². The molecule has 0 aliphatic rings. The normalized spacial score (nSPS) is 11.8. The molecule has 0 N–H and O–H groups in total.